The molecule has 8 heteroatoms. The van der Waals surface area contributed by atoms with E-state index >= 15 is 0 Å². The van der Waals surface area contributed by atoms with Gasteiger partial charge in [0.25, 0.3) is 5.91 Å². The second-order valence-electron chi connectivity index (χ2n) is 7.98. The Morgan fingerprint density at radius 1 is 1.06 bits per heavy atom. The molecule has 1 unspecified atom stereocenters. The van der Waals surface area contributed by atoms with Gasteiger partial charge in [-0.1, -0.05) is 42.5 Å². The van der Waals surface area contributed by atoms with Crippen molar-refractivity contribution in [2.24, 2.45) is 0 Å². The Kier molecular flexibility index (Phi) is 6.60. The molecule has 0 spiro atoms. The molecule has 2 aromatic carbocycles. The lowest BCUT2D eigenvalue weighted by molar-refractivity contribution is -0.163. The lowest BCUT2D eigenvalue weighted by Gasteiger charge is -2.26. The smallest absolute Gasteiger partial charge is 0.327 e. The van der Waals surface area contributed by atoms with Gasteiger partial charge < -0.3 is 9.64 Å². The van der Waals surface area contributed by atoms with Gasteiger partial charge in [0.1, 0.15) is 11.3 Å². The Morgan fingerprint density at radius 2 is 1.68 bits per heavy atom. The number of carbonyl (C=O) groups excluding carboxylic acids is 3. The van der Waals surface area contributed by atoms with Gasteiger partial charge in [-0.25, -0.2) is 9.86 Å². The van der Waals surface area contributed by atoms with Crippen molar-refractivity contribution in [1.29, 1.82) is 0 Å². The van der Waals surface area contributed by atoms with Crippen LogP contribution >= 0.6 is 0 Å². The molecule has 31 heavy (non-hydrogen) atoms. The fraction of sp³-hybridized carbons (Fsp3) is 0.348. The molecule has 0 bridgehead atoms. The number of nitrogens with zero attached hydrogens (tertiary/aromatic N) is 3. The number of hydrogen-bond acceptors (Lipinski definition) is 5. The summed E-state index contributed by atoms with van der Waals surface area (Å²) in [7, 11) is 1.55. The Bertz CT molecular complexity index is 930. The third kappa shape index (κ3) is 4.69. The molecule has 2 aromatic rings. The molecule has 164 valence electrons. The van der Waals surface area contributed by atoms with Gasteiger partial charge in [0.15, 0.2) is 0 Å². The number of rotatable bonds is 9. The molecule has 1 N–H and O–H groups in total. The van der Waals surface area contributed by atoms with Crippen LogP contribution in [-0.4, -0.2) is 70.2 Å². The highest BCUT2D eigenvalue weighted by molar-refractivity contribution is 6.06. The maximum atomic E-state index is 12.6. The summed E-state index contributed by atoms with van der Waals surface area (Å²) in [4.78, 5) is 38.5. The highest BCUT2D eigenvalue weighted by Crippen LogP contribution is 2.27. The summed E-state index contributed by atoms with van der Waals surface area (Å²) in [5.41, 5.74) is 1.19. The molecular weight excluding hydrogens is 398 g/mol. The van der Waals surface area contributed by atoms with Crippen LogP contribution in [0.1, 0.15) is 20.3 Å². The fourth-order valence-corrected chi connectivity index (χ4v) is 3.43. The summed E-state index contributed by atoms with van der Waals surface area (Å²) in [6.07, 6.45) is 0.496. The van der Waals surface area contributed by atoms with Crippen molar-refractivity contribution in [3.05, 3.63) is 54.6 Å². The molecule has 8 nitrogen and oxygen atoms in total. The normalized spacial score (nSPS) is 16.4. The first-order valence-electron chi connectivity index (χ1n) is 10.1. The Balaban J connectivity index is 1.60. The molecule has 0 aromatic heterocycles. The zero-order chi connectivity index (χ0) is 22.6. The van der Waals surface area contributed by atoms with Gasteiger partial charge in [0.2, 0.25) is 6.41 Å². The van der Waals surface area contributed by atoms with E-state index in [1.54, 1.807) is 20.9 Å². The minimum Gasteiger partial charge on any atom is -0.494 e. The summed E-state index contributed by atoms with van der Waals surface area (Å²) in [5.74, 6) is 0.268. The van der Waals surface area contributed by atoms with Crippen LogP contribution in [0.15, 0.2) is 54.6 Å². The molecular formula is C23H27N3O5. The number of hydrogen-bond donors (Lipinski definition) is 1. The summed E-state index contributed by atoms with van der Waals surface area (Å²) >= 11 is 0. The maximum absolute atomic E-state index is 12.6. The molecule has 0 aliphatic carbocycles. The number of amides is 4. The third-order valence-corrected chi connectivity index (χ3v) is 5.68. The molecule has 1 aliphatic rings. The summed E-state index contributed by atoms with van der Waals surface area (Å²) in [6, 6.07) is 16.3. The van der Waals surface area contributed by atoms with Gasteiger partial charge in [-0.05, 0) is 37.1 Å². The average Bonchev–Trinajstić information content (AvgIpc) is 2.93. The molecule has 4 amide bonds. The van der Waals surface area contributed by atoms with Crippen LogP contribution in [0, 0.1) is 0 Å². The van der Waals surface area contributed by atoms with Gasteiger partial charge in [-0.15, -0.1) is 0 Å². The average molecular weight is 425 g/mol. The minimum atomic E-state index is -0.972. The van der Waals surface area contributed by atoms with Crippen molar-refractivity contribution < 1.29 is 24.3 Å². The summed E-state index contributed by atoms with van der Waals surface area (Å²) in [6.45, 7) is 3.38. The lowest BCUT2D eigenvalue weighted by Crippen LogP contribution is -2.46. The first kappa shape index (κ1) is 22.3. The molecule has 1 aliphatic heterocycles. The Labute approximate surface area is 181 Å². The molecule has 1 fully saturated rings. The predicted octanol–water partition coefficient (Wildman–Crippen LogP) is 3.01. The topological polar surface area (TPSA) is 90.4 Å². The van der Waals surface area contributed by atoms with Gasteiger partial charge >= 0.3 is 6.03 Å². The van der Waals surface area contributed by atoms with Crippen LogP contribution < -0.4 is 4.74 Å². The number of urea groups is 1. The number of ether oxygens (including phenoxy) is 1. The van der Waals surface area contributed by atoms with E-state index in [1.165, 1.54) is 4.90 Å². The molecule has 3 rings (SSSR count). The van der Waals surface area contributed by atoms with Crippen LogP contribution in [0.25, 0.3) is 11.1 Å². The Hall–Kier alpha value is -3.39. The number of imide groups is 1. The first-order valence-corrected chi connectivity index (χ1v) is 10.1. The van der Waals surface area contributed by atoms with E-state index in [4.69, 9.17) is 4.74 Å². The second kappa shape index (κ2) is 9.18. The third-order valence-electron chi connectivity index (χ3n) is 5.68. The lowest BCUT2D eigenvalue weighted by atomic mass is 10.0. The van der Waals surface area contributed by atoms with E-state index in [0.29, 0.717) is 10.8 Å². The van der Waals surface area contributed by atoms with Crippen LogP contribution in [0.2, 0.25) is 0 Å². The largest absolute Gasteiger partial charge is 0.494 e. The number of carbonyl (C=O) groups is 3. The molecule has 0 saturated carbocycles. The Morgan fingerprint density at radius 3 is 2.23 bits per heavy atom. The quantitative estimate of drug-likeness (QED) is 0.289. The van der Waals surface area contributed by atoms with Crippen molar-refractivity contribution in [2.75, 3.05) is 20.2 Å². The van der Waals surface area contributed by atoms with Gasteiger partial charge in [0.05, 0.1) is 19.2 Å². The zero-order valence-electron chi connectivity index (χ0n) is 17.9. The SMILES string of the molecule is CN1C(=O)N(CC(CCOc2ccc(-c3ccccc3)cc2)N(O)C=O)C(=O)C1(C)C. The first-order chi connectivity index (χ1) is 14.8. The van der Waals surface area contributed by atoms with E-state index in [9.17, 15) is 19.6 Å². The van der Waals surface area contributed by atoms with Gasteiger partial charge in [-0.2, -0.15) is 0 Å². The van der Waals surface area contributed by atoms with Crippen molar-refractivity contribution in [3.63, 3.8) is 0 Å². The number of hydroxylamine groups is 2. The van der Waals surface area contributed by atoms with Crippen molar-refractivity contribution in [3.8, 4) is 16.9 Å². The fourth-order valence-electron chi connectivity index (χ4n) is 3.43. The predicted molar refractivity (Wildman–Crippen MR) is 114 cm³/mol. The van der Waals surface area contributed by atoms with Gasteiger partial charge in [0, 0.05) is 13.5 Å². The van der Waals surface area contributed by atoms with Crippen LogP contribution in [0.3, 0.4) is 0 Å². The zero-order valence-corrected chi connectivity index (χ0v) is 17.9. The number of benzene rings is 2. The van der Waals surface area contributed by atoms with Crippen molar-refractivity contribution in [1.82, 2.24) is 14.9 Å². The van der Waals surface area contributed by atoms with Crippen LogP contribution in [0.4, 0.5) is 4.79 Å². The van der Waals surface area contributed by atoms with E-state index in [0.717, 1.165) is 16.0 Å². The second-order valence-corrected chi connectivity index (χ2v) is 7.98. The standard InChI is InChI=1S/C23H27N3O5/c1-23(2)21(28)25(22(29)24(23)3)15-19(26(30)16-27)13-14-31-20-11-9-18(10-12-20)17-7-5-4-6-8-17/h4-12,16,19,30H,13-15H2,1-3H3. The van der Waals surface area contributed by atoms with Crippen LogP contribution in [0.5, 0.6) is 5.75 Å². The number of likely N-dealkylation sites (N-methyl/N-ethyl adjacent to an activating group) is 1. The van der Waals surface area contributed by atoms with Crippen molar-refractivity contribution in [2.45, 2.75) is 31.8 Å². The van der Waals surface area contributed by atoms with Crippen molar-refractivity contribution >= 4 is 18.3 Å². The highest BCUT2D eigenvalue weighted by atomic mass is 16.5. The summed E-state index contributed by atoms with van der Waals surface area (Å²) in [5, 5.41) is 10.4. The summed E-state index contributed by atoms with van der Waals surface area (Å²) < 4.78 is 5.75. The monoisotopic (exact) mass is 425 g/mol. The molecule has 1 atom stereocenters. The highest BCUT2D eigenvalue weighted by Gasteiger charge is 2.49. The van der Waals surface area contributed by atoms with Gasteiger partial charge in [-0.3, -0.25) is 19.7 Å². The molecule has 0 radical (unpaired) electrons. The van der Waals surface area contributed by atoms with E-state index in [-0.39, 0.29) is 31.9 Å². The van der Waals surface area contributed by atoms with E-state index < -0.39 is 17.6 Å². The molecule has 1 saturated heterocycles. The minimum absolute atomic E-state index is 0.114. The maximum Gasteiger partial charge on any atom is 0.327 e. The molecule has 1 heterocycles. The van der Waals surface area contributed by atoms with E-state index in [2.05, 4.69) is 0 Å². The van der Waals surface area contributed by atoms with Crippen LogP contribution in [-0.2, 0) is 9.59 Å². The van der Waals surface area contributed by atoms with E-state index in [1.807, 2.05) is 54.6 Å².